The van der Waals surface area contributed by atoms with Crippen LogP contribution in [-0.4, -0.2) is 14.6 Å². The second kappa shape index (κ2) is 7.56. The van der Waals surface area contributed by atoms with Gasteiger partial charge in [-0.15, -0.1) is 0 Å². The number of nitrogens with zero attached hydrogens (tertiary/aromatic N) is 3. The molecule has 0 aliphatic heterocycles. The number of benzene rings is 3. The van der Waals surface area contributed by atoms with Gasteiger partial charge >= 0.3 is 0 Å². The van der Waals surface area contributed by atoms with Crippen LogP contribution in [0.3, 0.4) is 0 Å². The number of nitro benzene ring substituents is 1. The first-order valence-electron chi connectivity index (χ1n) is 9.04. The molecule has 146 valence electrons. The van der Waals surface area contributed by atoms with Crippen LogP contribution in [0, 0.1) is 24.0 Å². The fourth-order valence-electron chi connectivity index (χ4n) is 3.36. The zero-order valence-corrected chi connectivity index (χ0v) is 16.7. The lowest BCUT2D eigenvalue weighted by atomic mass is 10.1. The van der Waals surface area contributed by atoms with Gasteiger partial charge in [0.25, 0.3) is 5.69 Å². The molecular formula is C22H18ClN3O3. The van der Waals surface area contributed by atoms with Crippen LogP contribution in [0.1, 0.15) is 16.7 Å². The summed E-state index contributed by atoms with van der Waals surface area (Å²) in [4.78, 5) is 21.6. The Morgan fingerprint density at radius 3 is 2.38 bits per heavy atom. The van der Waals surface area contributed by atoms with E-state index in [9.17, 15) is 10.1 Å². The molecule has 0 fully saturated rings. The van der Waals surface area contributed by atoms with Crippen LogP contribution in [-0.2, 0) is 6.61 Å². The van der Waals surface area contributed by atoms with E-state index in [2.05, 4.69) is 23.2 Å². The summed E-state index contributed by atoms with van der Waals surface area (Å²) in [5.74, 6) is 0.557. The van der Waals surface area contributed by atoms with Crippen LogP contribution < -0.4 is 4.84 Å². The Morgan fingerprint density at radius 1 is 1.03 bits per heavy atom. The topological polar surface area (TPSA) is 70.2 Å². The van der Waals surface area contributed by atoms with Crippen LogP contribution in [0.5, 0.6) is 0 Å². The first kappa shape index (κ1) is 19.0. The van der Waals surface area contributed by atoms with Crippen LogP contribution in [0.15, 0.2) is 60.7 Å². The highest BCUT2D eigenvalue weighted by Crippen LogP contribution is 2.28. The van der Waals surface area contributed by atoms with E-state index in [1.807, 2.05) is 26.0 Å². The fourth-order valence-corrected chi connectivity index (χ4v) is 3.49. The van der Waals surface area contributed by atoms with Gasteiger partial charge in [-0.25, -0.2) is 4.98 Å². The van der Waals surface area contributed by atoms with E-state index < -0.39 is 4.92 Å². The summed E-state index contributed by atoms with van der Waals surface area (Å²) in [7, 11) is 0. The van der Waals surface area contributed by atoms with Crippen molar-refractivity contribution < 1.29 is 9.76 Å². The minimum atomic E-state index is -0.428. The minimum Gasteiger partial charge on any atom is -0.407 e. The molecule has 6 nitrogen and oxygen atoms in total. The summed E-state index contributed by atoms with van der Waals surface area (Å²) in [6.45, 7) is 4.37. The zero-order chi connectivity index (χ0) is 20.5. The third kappa shape index (κ3) is 3.93. The molecule has 4 aromatic rings. The zero-order valence-electron chi connectivity index (χ0n) is 15.9. The van der Waals surface area contributed by atoms with E-state index in [0.717, 1.165) is 22.3 Å². The number of aryl methyl sites for hydroxylation is 2. The van der Waals surface area contributed by atoms with E-state index in [1.54, 1.807) is 22.9 Å². The first-order valence-corrected chi connectivity index (χ1v) is 9.42. The van der Waals surface area contributed by atoms with Gasteiger partial charge in [0.1, 0.15) is 12.1 Å². The van der Waals surface area contributed by atoms with Crippen molar-refractivity contribution in [2.24, 2.45) is 0 Å². The number of non-ortho nitro benzene ring substituents is 1. The molecule has 1 heterocycles. The normalized spacial score (nSPS) is 11.0. The SMILES string of the molecule is Cc1cc(C)cc(COn2c(-c3ccc(Cl)cc3)nc3ccc([N+](=O)[O-])cc32)c1. The molecule has 0 N–H and O–H groups in total. The van der Waals surface area contributed by atoms with Gasteiger partial charge in [-0.1, -0.05) is 40.9 Å². The molecular weight excluding hydrogens is 390 g/mol. The van der Waals surface area contributed by atoms with Crippen LogP contribution in [0.4, 0.5) is 5.69 Å². The van der Waals surface area contributed by atoms with Crippen LogP contribution >= 0.6 is 11.6 Å². The second-order valence-corrected chi connectivity index (χ2v) is 7.37. The highest BCUT2D eigenvalue weighted by atomic mass is 35.5. The number of fused-ring (bicyclic) bond motifs is 1. The van der Waals surface area contributed by atoms with Gasteiger partial charge in [0.15, 0.2) is 5.82 Å². The Kier molecular flexibility index (Phi) is 4.94. The lowest BCUT2D eigenvalue weighted by molar-refractivity contribution is -0.384. The Labute approximate surface area is 172 Å². The first-order chi connectivity index (χ1) is 13.9. The van der Waals surface area contributed by atoms with E-state index in [-0.39, 0.29) is 5.69 Å². The Balaban J connectivity index is 1.81. The van der Waals surface area contributed by atoms with Crippen molar-refractivity contribution in [3.8, 4) is 11.4 Å². The maximum atomic E-state index is 11.2. The monoisotopic (exact) mass is 407 g/mol. The van der Waals surface area contributed by atoms with Gasteiger partial charge < -0.3 is 4.84 Å². The standard InChI is InChI=1S/C22H18ClN3O3/c1-14-9-15(2)11-16(10-14)13-29-25-21-12-19(26(27)28)7-8-20(21)24-22(25)17-3-5-18(23)6-4-17/h3-12H,13H2,1-2H3. The van der Waals surface area contributed by atoms with Crippen LogP contribution in [0.2, 0.25) is 5.02 Å². The predicted octanol–water partition coefficient (Wildman–Crippen LogP) is 5.51. The van der Waals surface area contributed by atoms with Crippen molar-refractivity contribution in [3.63, 3.8) is 0 Å². The summed E-state index contributed by atoms with van der Waals surface area (Å²) < 4.78 is 1.56. The molecule has 29 heavy (non-hydrogen) atoms. The average molecular weight is 408 g/mol. The molecule has 3 aromatic carbocycles. The largest absolute Gasteiger partial charge is 0.407 e. The van der Waals surface area contributed by atoms with E-state index in [4.69, 9.17) is 16.4 Å². The molecule has 0 atom stereocenters. The third-order valence-corrected chi connectivity index (χ3v) is 4.80. The third-order valence-electron chi connectivity index (χ3n) is 4.55. The maximum Gasteiger partial charge on any atom is 0.271 e. The number of hydrogen-bond acceptors (Lipinski definition) is 4. The van der Waals surface area contributed by atoms with Crippen LogP contribution in [0.25, 0.3) is 22.4 Å². The van der Waals surface area contributed by atoms with E-state index in [1.165, 1.54) is 12.1 Å². The van der Waals surface area contributed by atoms with Crippen molar-refractivity contribution in [2.75, 3.05) is 0 Å². The summed E-state index contributed by atoms with van der Waals surface area (Å²) in [6.07, 6.45) is 0. The van der Waals surface area contributed by atoms with E-state index in [0.29, 0.717) is 28.5 Å². The van der Waals surface area contributed by atoms with Crippen molar-refractivity contribution in [3.05, 3.63) is 92.5 Å². The number of rotatable bonds is 5. The molecule has 7 heteroatoms. The number of imidazole rings is 1. The molecule has 0 aliphatic rings. The van der Waals surface area contributed by atoms with Gasteiger partial charge in [-0.05, 0) is 49.7 Å². The Bertz CT molecular complexity index is 1200. The highest BCUT2D eigenvalue weighted by molar-refractivity contribution is 6.30. The summed E-state index contributed by atoms with van der Waals surface area (Å²) in [5, 5.41) is 11.9. The number of halogens is 1. The molecule has 0 bridgehead atoms. The number of hydrogen-bond donors (Lipinski definition) is 0. The lowest BCUT2D eigenvalue weighted by Crippen LogP contribution is -2.13. The maximum absolute atomic E-state index is 11.2. The summed E-state index contributed by atoms with van der Waals surface area (Å²) in [6, 6.07) is 18.0. The minimum absolute atomic E-state index is 0.0173. The van der Waals surface area contributed by atoms with Gasteiger partial charge in [0.2, 0.25) is 0 Å². The van der Waals surface area contributed by atoms with Crippen molar-refractivity contribution in [1.82, 2.24) is 9.71 Å². The summed E-state index contributed by atoms with van der Waals surface area (Å²) >= 11 is 6.01. The molecule has 0 aliphatic carbocycles. The molecule has 0 saturated heterocycles. The number of aromatic nitrogens is 2. The number of nitro groups is 1. The smallest absolute Gasteiger partial charge is 0.271 e. The van der Waals surface area contributed by atoms with Gasteiger partial charge in [-0.3, -0.25) is 10.1 Å². The molecule has 0 saturated carbocycles. The highest BCUT2D eigenvalue weighted by Gasteiger charge is 2.17. The van der Waals surface area contributed by atoms with Crippen molar-refractivity contribution in [2.45, 2.75) is 20.5 Å². The van der Waals surface area contributed by atoms with Gasteiger partial charge in [-0.2, -0.15) is 4.73 Å². The molecule has 0 spiro atoms. The lowest BCUT2D eigenvalue weighted by Gasteiger charge is -2.12. The fraction of sp³-hybridized carbons (Fsp3) is 0.136. The van der Waals surface area contributed by atoms with Crippen molar-refractivity contribution in [1.29, 1.82) is 0 Å². The van der Waals surface area contributed by atoms with E-state index >= 15 is 0 Å². The van der Waals surface area contributed by atoms with Gasteiger partial charge in [0.05, 0.1) is 10.4 Å². The predicted molar refractivity (Wildman–Crippen MR) is 113 cm³/mol. The molecule has 1 aromatic heterocycles. The molecule has 0 unspecified atom stereocenters. The van der Waals surface area contributed by atoms with Crippen molar-refractivity contribution >= 4 is 28.3 Å². The second-order valence-electron chi connectivity index (χ2n) is 6.94. The quantitative estimate of drug-likeness (QED) is 0.323. The molecule has 4 rings (SSSR count). The molecule has 0 radical (unpaired) electrons. The Morgan fingerprint density at radius 2 is 1.72 bits per heavy atom. The molecule has 0 amide bonds. The summed E-state index contributed by atoms with van der Waals surface area (Å²) in [5.41, 5.74) is 5.23. The van der Waals surface area contributed by atoms with Gasteiger partial charge in [0, 0.05) is 22.7 Å². The average Bonchev–Trinajstić information content (AvgIpc) is 3.04. The Hall–Kier alpha value is -3.38.